The highest BCUT2D eigenvalue weighted by Crippen LogP contribution is 2.20. The lowest BCUT2D eigenvalue weighted by Crippen LogP contribution is -2.13. The molecule has 4 heteroatoms. The molecule has 0 aromatic carbocycles. The van der Waals surface area contributed by atoms with E-state index in [0.29, 0.717) is 6.04 Å². The number of hydrogen-bond acceptors (Lipinski definition) is 3. The predicted molar refractivity (Wildman–Crippen MR) is 81.6 cm³/mol. The average molecular weight is 277 g/mol. The van der Waals surface area contributed by atoms with Crippen LogP contribution in [0.4, 0.5) is 0 Å². The van der Waals surface area contributed by atoms with Gasteiger partial charge in [0.05, 0.1) is 5.69 Å². The molecule has 0 saturated heterocycles. The van der Waals surface area contributed by atoms with Gasteiger partial charge in [-0.05, 0) is 44.9 Å². The predicted octanol–water partition coefficient (Wildman–Crippen LogP) is 3.82. The zero-order chi connectivity index (χ0) is 13.8. The van der Waals surface area contributed by atoms with E-state index < -0.39 is 0 Å². The van der Waals surface area contributed by atoms with E-state index >= 15 is 0 Å². The van der Waals surface area contributed by atoms with Crippen LogP contribution in [-0.2, 0) is 13.1 Å². The molecule has 0 aliphatic rings. The average Bonchev–Trinajstić information content (AvgIpc) is 2.97. The van der Waals surface area contributed by atoms with Crippen LogP contribution in [0.1, 0.15) is 47.3 Å². The fraction of sp³-hybridized carbons (Fsp3) is 0.533. The molecule has 1 unspecified atom stereocenters. The Balaban J connectivity index is 1.84. The number of nitrogens with zero attached hydrogens (tertiary/aromatic N) is 2. The van der Waals surface area contributed by atoms with Crippen LogP contribution in [0.15, 0.2) is 18.3 Å². The van der Waals surface area contributed by atoms with Crippen LogP contribution in [0, 0.1) is 13.8 Å². The lowest BCUT2D eigenvalue weighted by molar-refractivity contribution is 0.471. The van der Waals surface area contributed by atoms with E-state index in [1.807, 2.05) is 11.3 Å². The van der Waals surface area contributed by atoms with Gasteiger partial charge in [-0.25, -0.2) is 0 Å². The van der Waals surface area contributed by atoms with Crippen molar-refractivity contribution >= 4 is 11.3 Å². The van der Waals surface area contributed by atoms with Crippen LogP contribution >= 0.6 is 11.3 Å². The van der Waals surface area contributed by atoms with Crippen molar-refractivity contribution in [1.29, 1.82) is 0 Å². The summed E-state index contributed by atoms with van der Waals surface area (Å²) in [7, 11) is 0. The maximum Gasteiger partial charge on any atom is 0.0762 e. The summed E-state index contributed by atoms with van der Waals surface area (Å²) in [6, 6.07) is 4.85. The van der Waals surface area contributed by atoms with Crippen molar-refractivity contribution in [2.75, 3.05) is 0 Å². The third-order valence-corrected chi connectivity index (χ3v) is 4.68. The van der Waals surface area contributed by atoms with Crippen molar-refractivity contribution in [1.82, 2.24) is 15.1 Å². The molecule has 2 rings (SSSR count). The molecule has 2 aromatic heterocycles. The summed E-state index contributed by atoms with van der Waals surface area (Å²) in [4.78, 5) is 2.81. The molecule has 3 nitrogen and oxygen atoms in total. The molecule has 19 heavy (non-hydrogen) atoms. The van der Waals surface area contributed by atoms with Gasteiger partial charge in [0, 0.05) is 35.1 Å². The molecule has 0 radical (unpaired) electrons. The maximum absolute atomic E-state index is 4.59. The molecule has 0 bridgehead atoms. The molecule has 1 atom stereocenters. The third kappa shape index (κ3) is 3.67. The second-order valence-electron chi connectivity index (χ2n) is 5.10. The van der Waals surface area contributed by atoms with Crippen LogP contribution < -0.4 is 5.32 Å². The monoisotopic (exact) mass is 277 g/mol. The summed E-state index contributed by atoms with van der Waals surface area (Å²) < 4.78 is 2.05. The summed E-state index contributed by atoms with van der Waals surface area (Å²) in [5, 5.41) is 8.06. The van der Waals surface area contributed by atoms with E-state index in [1.165, 1.54) is 15.3 Å². The van der Waals surface area contributed by atoms with Gasteiger partial charge in [0.1, 0.15) is 0 Å². The standard InChI is InChI=1S/C15H23N3S/c1-5-12(3)18-7-6-14(17-18)9-16-10-15-8-11(2)13(4)19-15/h6-8,12,16H,5,9-10H2,1-4H3. The Kier molecular flexibility index (Phi) is 4.77. The van der Waals surface area contributed by atoms with Crippen molar-refractivity contribution in [3.63, 3.8) is 0 Å². The smallest absolute Gasteiger partial charge is 0.0762 e. The Morgan fingerprint density at radius 1 is 1.37 bits per heavy atom. The number of nitrogens with one attached hydrogen (secondary N) is 1. The molecule has 0 amide bonds. The van der Waals surface area contributed by atoms with Gasteiger partial charge in [0.25, 0.3) is 0 Å². The van der Waals surface area contributed by atoms with E-state index in [2.05, 4.69) is 61.1 Å². The molecular weight excluding hydrogens is 254 g/mol. The third-order valence-electron chi connectivity index (χ3n) is 3.53. The summed E-state index contributed by atoms with van der Waals surface area (Å²) in [5.41, 5.74) is 2.51. The molecule has 0 spiro atoms. The first kappa shape index (κ1) is 14.3. The highest BCUT2D eigenvalue weighted by molar-refractivity contribution is 7.12. The van der Waals surface area contributed by atoms with Crippen molar-refractivity contribution in [3.8, 4) is 0 Å². The minimum Gasteiger partial charge on any atom is -0.306 e. The van der Waals surface area contributed by atoms with Crippen molar-refractivity contribution in [2.24, 2.45) is 0 Å². The quantitative estimate of drug-likeness (QED) is 0.870. The van der Waals surface area contributed by atoms with E-state index in [9.17, 15) is 0 Å². The molecular formula is C15H23N3S. The minimum absolute atomic E-state index is 0.483. The molecule has 0 aliphatic carbocycles. The first-order valence-electron chi connectivity index (χ1n) is 6.90. The fourth-order valence-electron chi connectivity index (χ4n) is 1.95. The van der Waals surface area contributed by atoms with Gasteiger partial charge in [0.2, 0.25) is 0 Å². The zero-order valence-electron chi connectivity index (χ0n) is 12.2. The van der Waals surface area contributed by atoms with Gasteiger partial charge in [-0.1, -0.05) is 6.92 Å². The molecule has 0 fully saturated rings. The second-order valence-corrected chi connectivity index (χ2v) is 6.44. The Hall–Kier alpha value is -1.13. The van der Waals surface area contributed by atoms with Crippen LogP contribution in [0.3, 0.4) is 0 Å². The number of aryl methyl sites for hydroxylation is 2. The van der Waals surface area contributed by atoms with Gasteiger partial charge in [-0.2, -0.15) is 5.10 Å². The maximum atomic E-state index is 4.59. The molecule has 1 N–H and O–H groups in total. The van der Waals surface area contributed by atoms with E-state index in [4.69, 9.17) is 0 Å². The van der Waals surface area contributed by atoms with Gasteiger partial charge < -0.3 is 5.32 Å². The summed E-state index contributed by atoms with van der Waals surface area (Å²) in [6.45, 7) is 10.5. The van der Waals surface area contributed by atoms with Gasteiger partial charge >= 0.3 is 0 Å². The molecule has 104 valence electrons. The lowest BCUT2D eigenvalue weighted by atomic mass is 10.3. The van der Waals surface area contributed by atoms with Gasteiger partial charge in [-0.15, -0.1) is 11.3 Å². The number of hydrogen-bond donors (Lipinski definition) is 1. The Bertz CT molecular complexity index is 508. The number of rotatable bonds is 6. The molecule has 0 aliphatic heterocycles. The highest BCUT2D eigenvalue weighted by atomic mass is 32.1. The Labute approximate surface area is 119 Å². The number of thiophene rings is 1. The van der Waals surface area contributed by atoms with Gasteiger partial charge in [0.15, 0.2) is 0 Å². The highest BCUT2D eigenvalue weighted by Gasteiger charge is 2.05. The molecule has 2 aromatic rings. The number of aromatic nitrogens is 2. The van der Waals surface area contributed by atoms with Crippen molar-refractivity contribution in [3.05, 3.63) is 39.3 Å². The minimum atomic E-state index is 0.483. The second kappa shape index (κ2) is 6.35. The van der Waals surface area contributed by atoms with Crippen molar-refractivity contribution < 1.29 is 0 Å². The SMILES string of the molecule is CCC(C)n1ccc(CNCc2cc(C)c(C)s2)n1. The van der Waals surface area contributed by atoms with Crippen LogP contribution in [0.5, 0.6) is 0 Å². The van der Waals surface area contributed by atoms with E-state index in [1.54, 1.807) is 0 Å². The lowest BCUT2D eigenvalue weighted by Gasteiger charge is -2.08. The first-order chi connectivity index (χ1) is 9.10. The van der Waals surface area contributed by atoms with E-state index in [-0.39, 0.29) is 0 Å². The summed E-state index contributed by atoms with van der Waals surface area (Å²) >= 11 is 1.88. The van der Waals surface area contributed by atoms with Crippen molar-refractivity contribution in [2.45, 2.75) is 53.2 Å². The summed E-state index contributed by atoms with van der Waals surface area (Å²) in [6.07, 6.45) is 3.19. The van der Waals surface area contributed by atoms with Crippen LogP contribution in [-0.4, -0.2) is 9.78 Å². The van der Waals surface area contributed by atoms with Gasteiger partial charge in [-0.3, -0.25) is 4.68 Å². The topological polar surface area (TPSA) is 29.9 Å². The Morgan fingerprint density at radius 3 is 2.79 bits per heavy atom. The molecule has 2 heterocycles. The Morgan fingerprint density at radius 2 is 2.16 bits per heavy atom. The van der Waals surface area contributed by atoms with Crippen LogP contribution in [0.2, 0.25) is 0 Å². The van der Waals surface area contributed by atoms with E-state index in [0.717, 1.165) is 25.2 Å². The van der Waals surface area contributed by atoms with Crippen LogP contribution in [0.25, 0.3) is 0 Å². The first-order valence-corrected chi connectivity index (χ1v) is 7.72. The largest absolute Gasteiger partial charge is 0.306 e. The zero-order valence-corrected chi connectivity index (χ0v) is 13.0. The molecule has 0 saturated carbocycles. The fourth-order valence-corrected chi connectivity index (χ4v) is 2.98. The summed E-state index contributed by atoms with van der Waals surface area (Å²) in [5.74, 6) is 0. The normalized spacial score (nSPS) is 12.8.